The molecule has 2 bridgehead atoms. The zero-order valence-corrected chi connectivity index (χ0v) is 9.56. The molecule has 0 aromatic carbocycles. The molecule has 92 valence electrons. The number of hydrogen-bond donors (Lipinski definition) is 3. The lowest BCUT2D eigenvalue weighted by atomic mass is 9.89. The monoisotopic (exact) mass is 227 g/mol. The molecule has 0 aliphatic heterocycles. The van der Waals surface area contributed by atoms with Crippen LogP contribution in [0.3, 0.4) is 0 Å². The van der Waals surface area contributed by atoms with Crippen LogP contribution in [0.15, 0.2) is 0 Å². The quantitative estimate of drug-likeness (QED) is 0.629. The van der Waals surface area contributed by atoms with E-state index in [0.717, 1.165) is 24.3 Å². The van der Waals surface area contributed by atoms with E-state index in [9.17, 15) is 9.90 Å². The van der Waals surface area contributed by atoms with E-state index in [1.54, 1.807) is 0 Å². The highest BCUT2D eigenvalue weighted by Crippen LogP contribution is 2.47. The molecule has 2 aliphatic carbocycles. The largest absolute Gasteiger partial charge is 0.481 e. The summed E-state index contributed by atoms with van der Waals surface area (Å²) in [6, 6.07) is 0. The number of carbonyl (C=O) groups is 1. The topological polar surface area (TPSA) is 69.6 Å². The maximum Gasteiger partial charge on any atom is 0.306 e. The number of rotatable bonds is 6. The lowest BCUT2D eigenvalue weighted by Crippen LogP contribution is -2.33. The van der Waals surface area contributed by atoms with Crippen LogP contribution in [0.25, 0.3) is 0 Å². The van der Waals surface area contributed by atoms with Gasteiger partial charge < -0.3 is 15.5 Å². The normalized spacial score (nSPS) is 34.2. The second kappa shape index (κ2) is 5.15. The second-order valence-corrected chi connectivity index (χ2v) is 5.34. The molecule has 4 atom stereocenters. The minimum Gasteiger partial charge on any atom is -0.481 e. The maximum absolute atomic E-state index is 10.3. The summed E-state index contributed by atoms with van der Waals surface area (Å²) in [7, 11) is 0. The molecule has 0 aromatic rings. The van der Waals surface area contributed by atoms with Gasteiger partial charge >= 0.3 is 5.97 Å². The first-order valence-corrected chi connectivity index (χ1v) is 6.25. The first kappa shape index (κ1) is 11.9. The van der Waals surface area contributed by atoms with Gasteiger partial charge in [0.1, 0.15) is 0 Å². The van der Waals surface area contributed by atoms with Gasteiger partial charge in [-0.1, -0.05) is 6.42 Å². The molecule has 16 heavy (non-hydrogen) atoms. The summed E-state index contributed by atoms with van der Waals surface area (Å²) in [6.07, 6.45) is 4.58. The smallest absolute Gasteiger partial charge is 0.306 e. The predicted octanol–water partition coefficient (Wildman–Crippen LogP) is 0.848. The van der Waals surface area contributed by atoms with E-state index in [1.165, 1.54) is 25.7 Å². The number of carboxylic acid groups (broad SMARTS) is 1. The lowest BCUT2D eigenvalue weighted by Gasteiger charge is -2.22. The predicted molar refractivity (Wildman–Crippen MR) is 60.1 cm³/mol. The summed E-state index contributed by atoms with van der Waals surface area (Å²) in [5, 5.41) is 21.1. The van der Waals surface area contributed by atoms with Crippen LogP contribution < -0.4 is 5.32 Å². The summed E-state index contributed by atoms with van der Waals surface area (Å²) < 4.78 is 0. The van der Waals surface area contributed by atoms with Crippen LogP contribution in [0.5, 0.6) is 0 Å². The van der Waals surface area contributed by atoms with E-state index >= 15 is 0 Å². The molecule has 2 fully saturated rings. The van der Waals surface area contributed by atoms with Crippen LogP contribution in [-0.2, 0) is 4.79 Å². The van der Waals surface area contributed by atoms with Crippen LogP contribution in [0.1, 0.15) is 32.1 Å². The van der Waals surface area contributed by atoms with Crippen LogP contribution >= 0.6 is 0 Å². The number of aliphatic hydroxyl groups is 1. The number of aliphatic carboxylic acids is 1. The highest BCUT2D eigenvalue weighted by Gasteiger charge is 2.38. The maximum atomic E-state index is 10.3. The molecule has 2 saturated carbocycles. The van der Waals surface area contributed by atoms with Gasteiger partial charge in [-0.3, -0.25) is 4.79 Å². The van der Waals surface area contributed by atoms with Crippen molar-refractivity contribution in [2.75, 3.05) is 13.1 Å². The molecule has 4 unspecified atom stereocenters. The average molecular weight is 227 g/mol. The minimum atomic E-state index is -0.936. The average Bonchev–Trinajstić information content (AvgIpc) is 2.77. The highest BCUT2D eigenvalue weighted by atomic mass is 16.4. The van der Waals surface area contributed by atoms with Crippen LogP contribution in [-0.4, -0.2) is 35.4 Å². The first-order valence-electron chi connectivity index (χ1n) is 6.25. The Morgan fingerprint density at radius 1 is 1.38 bits per heavy atom. The van der Waals surface area contributed by atoms with Crippen LogP contribution in [0, 0.1) is 17.8 Å². The Bertz CT molecular complexity index is 257. The molecule has 4 heteroatoms. The molecule has 3 N–H and O–H groups in total. The van der Waals surface area contributed by atoms with Crippen molar-refractivity contribution in [3.8, 4) is 0 Å². The van der Waals surface area contributed by atoms with Crippen LogP contribution in [0.2, 0.25) is 0 Å². The van der Waals surface area contributed by atoms with Gasteiger partial charge in [-0.25, -0.2) is 0 Å². The summed E-state index contributed by atoms with van der Waals surface area (Å²) >= 11 is 0. The van der Waals surface area contributed by atoms with Gasteiger partial charge in [-0.2, -0.15) is 0 Å². The summed E-state index contributed by atoms with van der Waals surface area (Å²) in [5.41, 5.74) is 0. The number of hydrogen-bond acceptors (Lipinski definition) is 3. The Hall–Kier alpha value is -0.610. The summed E-state index contributed by atoms with van der Waals surface area (Å²) in [5.74, 6) is 1.65. The molecule has 4 nitrogen and oxygen atoms in total. The second-order valence-electron chi connectivity index (χ2n) is 5.34. The van der Waals surface area contributed by atoms with Crippen molar-refractivity contribution in [3.63, 3.8) is 0 Å². The fourth-order valence-corrected chi connectivity index (χ4v) is 3.34. The number of carboxylic acids is 1. The lowest BCUT2D eigenvalue weighted by molar-refractivity contribution is -0.139. The van der Waals surface area contributed by atoms with Gasteiger partial charge in [0.25, 0.3) is 0 Å². The highest BCUT2D eigenvalue weighted by molar-refractivity contribution is 5.67. The Morgan fingerprint density at radius 3 is 2.75 bits per heavy atom. The van der Waals surface area contributed by atoms with Crippen molar-refractivity contribution in [1.82, 2.24) is 5.32 Å². The van der Waals surface area contributed by atoms with Crippen molar-refractivity contribution in [3.05, 3.63) is 0 Å². The SMILES string of the molecule is O=C(O)CC(O)CNCC1CC2CCC1C2. The Kier molecular flexibility index (Phi) is 3.82. The Balaban J connectivity index is 1.60. The van der Waals surface area contributed by atoms with E-state index in [2.05, 4.69) is 5.32 Å². The summed E-state index contributed by atoms with van der Waals surface area (Å²) in [4.78, 5) is 10.3. The number of fused-ring (bicyclic) bond motifs is 2. The third kappa shape index (κ3) is 2.95. The number of nitrogens with one attached hydrogen (secondary N) is 1. The zero-order chi connectivity index (χ0) is 11.5. The molecular formula is C12H21NO3. The third-order valence-corrected chi connectivity index (χ3v) is 4.08. The van der Waals surface area contributed by atoms with Gasteiger partial charge in [0.05, 0.1) is 12.5 Å². The van der Waals surface area contributed by atoms with Gasteiger partial charge in [-0.15, -0.1) is 0 Å². The molecule has 0 radical (unpaired) electrons. The Morgan fingerprint density at radius 2 is 2.19 bits per heavy atom. The van der Waals surface area contributed by atoms with E-state index in [4.69, 9.17) is 5.11 Å². The fourth-order valence-electron chi connectivity index (χ4n) is 3.34. The van der Waals surface area contributed by atoms with Crippen molar-refractivity contribution in [2.24, 2.45) is 17.8 Å². The van der Waals surface area contributed by atoms with E-state index in [-0.39, 0.29) is 6.42 Å². The molecule has 0 spiro atoms. The standard InChI is InChI=1S/C12H21NO3/c14-11(5-12(15)16)7-13-6-10-4-8-1-2-9(10)3-8/h8-11,13-14H,1-7H2,(H,15,16). The molecule has 0 heterocycles. The van der Waals surface area contributed by atoms with Gasteiger partial charge in [0, 0.05) is 6.54 Å². The fraction of sp³-hybridized carbons (Fsp3) is 0.917. The molecule has 2 aliphatic rings. The van der Waals surface area contributed by atoms with Crippen molar-refractivity contribution in [2.45, 2.75) is 38.2 Å². The Labute approximate surface area is 96.0 Å². The van der Waals surface area contributed by atoms with Crippen molar-refractivity contribution >= 4 is 5.97 Å². The zero-order valence-electron chi connectivity index (χ0n) is 9.56. The van der Waals surface area contributed by atoms with Crippen molar-refractivity contribution < 1.29 is 15.0 Å². The molecule has 0 aromatic heterocycles. The third-order valence-electron chi connectivity index (χ3n) is 4.08. The molecule has 0 amide bonds. The van der Waals surface area contributed by atoms with Gasteiger partial charge in [0.15, 0.2) is 0 Å². The van der Waals surface area contributed by atoms with E-state index in [0.29, 0.717) is 6.54 Å². The molecule has 2 rings (SSSR count). The number of aliphatic hydroxyl groups excluding tert-OH is 1. The van der Waals surface area contributed by atoms with Crippen LogP contribution in [0.4, 0.5) is 0 Å². The molecule has 0 saturated heterocycles. The molecular weight excluding hydrogens is 206 g/mol. The van der Waals surface area contributed by atoms with E-state index < -0.39 is 12.1 Å². The van der Waals surface area contributed by atoms with Gasteiger partial charge in [0.2, 0.25) is 0 Å². The first-order chi connectivity index (χ1) is 7.65. The van der Waals surface area contributed by atoms with E-state index in [1.807, 2.05) is 0 Å². The summed E-state index contributed by atoms with van der Waals surface area (Å²) in [6.45, 7) is 1.35. The van der Waals surface area contributed by atoms with Crippen molar-refractivity contribution in [1.29, 1.82) is 0 Å². The minimum absolute atomic E-state index is 0.163. The van der Waals surface area contributed by atoms with Gasteiger partial charge in [-0.05, 0) is 43.6 Å².